The maximum atomic E-state index is 12.7. The van der Waals surface area contributed by atoms with Gasteiger partial charge in [0.25, 0.3) is 5.91 Å². The van der Waals surface area contributed by atoms with Crippen molar-refractivity contribution in [2.45, 2.75) is 25.0 Å². The first-order valence-corrected chi connectivity index (χ1v) is 11.9. The molecule has 2 N–H and O–H groups in total. The summed E-state index contributed by atoms with van der Waals surface area (Å²) in [7, 11) is -3.32. The Kier molecular flexibility index (Phi) is 5.99. The molecule has 0 bridgehead atoms. The molecule has 4 rings (SSSR count). The molecule has 6 nitrogen and oxygen atoms in total. The summed E-state index contributed by atoms with van der Waals surface area (Å²) in [6, 6.07) is 15.4. The van der Waals surface area contributed by atoms with E-state index in [0.717, 1.165) is 29.0 Å². The van der Waals surface area contributed by atoms with Crippen LogP contribution in [0.15, 0.2) is 48.5 Å². The molecule has 7 heteroatoms. The molecule has 1 saturated heterocycles. The summed E-state index contributed by atoms with van der Waals surface area (Å²) in [6.45, 7) is 2.56. The number of hydrogen-bond donors (Lipinski definition) is 2. The number of hydrogen-bond acceptors (Lipinski definition) is 3. The van der Waals surface area contributed by atoms with Crippen LogP contribution in [0.3, 0.4) is 0 Å². The number of rotatable bonds is 6. The predicted octanol–water partition coefficient (Wildman–Crippen LogP) is 0.844. The van der Waals surface area contributed by atoms with Crippen LogP contribution >= 0.6 is 0 Å². The SMILES string of the molecule is O=C(C[NH+]1CCN(S(=O)(=O)Cc2ccccc2)CC1)Nc1ccc2c(c1)CCC2. The minimum absolute atomic E-state index is 0.0152. The molecule has 0 aromatic heterocycles. The summed E-state index contributed by atoms with van der Waals surface area (Å²) in [5.41, 5.74) is 4.39. The molecule has 2 aromatic rings. The third kappa shape index (κ3) is 5.04. The Morgan fingerprint density at radius 1 is 1.00 bits per heavy atom. The molecule has 154 valence electrons. The van der Waals surface area contributed by atoms with Gasteiger partial charge in [0.15, 0.2) is 6.54 Å². The fourth-order valence-corrected chi connectivity index (χ4v) is 5.75. The number of benzene rings is 2. The second-order valence-corrected chi connectivity index (χ2v) is 9.92. The number of nitrogens with zero attached hydrogens (tertiary/aromatic N) is 1. The highest BCUT2D eigenvalue weighted by Gasteiger charge is 2.30. The van der Waals surface area contributed by atoms with Crippen LogP contribution in [0, 0.1) is 0 Å². The van der Waals surface area contributed by atoms with Crippen LogP contribution in [0.1, 0.15) is 23.1 Å². The van der Waals surface area contributed by atoms with Crippen molar-refractivity contribution in [2.24, 2.45) is 0 Å². The van der Waals surface area contributed by atoms with Crippen molar-refractivity contribution < 1.29 is 18.1 Å². The van der Waals surface area contributed by atoms with E-state index in [2.05, 4.69) is 17.4 Å². The molecule has 0 radical (unpaired) electrons. The summed E-state index contributed by atoms with van der Waals surface area (Å²) < 4.78 is 26.9. The lowest BCUT2D eigenvalue weighted by Crippen LogP contribution is -3.15. The molecule has 0 spiro atoms. The molecule has 1 aliphatic heterocycles. The van der Waals surface area contributed by atoms with E-state index in [1.807, 2.05) is 36.4 Å². The summed E-state index contributed by atoms with van der Waals surface area (Å²) in [5, 5.41) is 3.00. The number of sulfonamides is 1. The number of carbonyl (C=O) groups excluding carboxylic acids is 1. The van der Waals surface area contributed by atoms with Crippen molar-refractivity contribution in [3.8, 4) is 0 Å². The molecule has 2 aliphatic rings. The van der Waals surface area contributed by atoms with E-state index in [-0.39, 0.29) is 11.7 Å². The number of carbonyl (C=O) groups is 1. The average Bonchev–Trinajstić information content (AvgIpc) is 3.16. The molecule has 1 aliphatic carbocycles. The number of fused-ring (bicyclic) bond motifs is 1. The summed E-state index contributed by atoms with van der Waals surface area (Å²) in [6.07, 6.45) is 3.41. The minimum atomic E-state index is -3.32. The van der Waals surface area contributed by atoms with Gasteiger partial charge in [0.1, 0.15) is 0 Å². The first-order chi connectivity index (χ1) is 14.0. The quantitative estimate of drug-likeness (QED) is 0.736. The lowest BCUT2D eigenvalue weighted by Gasteiger charge is -2.31. The van der Waals surface area contributed by atoms with Crippen molar-refractivity contribution in [1.29, 1.82) is 0 Å². The minimum Gasteiger partial charge on any atom is -0.325 e. The monoisotopic (exact) mass is 414 g/mol. The molecule has 1 amide bonds. The second-order valence-electron chi connectivity index (χ2n) is 7.95. The zero-order valence-corrected chi connectivity index (χ0v) is 17.4. The molecule has 1 heterocycles. The topological polar surface area (TPSA) is 70.9 Å². The molecular formula is C22H28N3O3S+. The van der Waals surface area contributed by atoms with Crippen LogP contribution in [-0.2, 0) is 33.4 Å². The maximum Gasteiger partial charge on any atom is 0.279 e. The van der Waals surface area contributed by atoms with E-state index in [1.54, 1.807) is 4.31 Å². The number of amides is 1. The van der Waals surface area contributed by atoms with Crippen molar-refractivity contribution in [3.05, 3.63) is 65.2 Å². The van der Waals surface area contributed by atoms with E-state index >= 15 is 0 Å². The first kappa shape index (κ1) is 20.1. The van der Waals surface area contributed by atoms with E-state index in [0.29, 0.717) is 32.7 Å². The Morgan fingerprint density at radius 3 is 2.48 bits per heavy atom. The molecule has 0 saturated carbocycles. The standard InChI is InChI=1S/C22H27N3O3S/c26-22(23-21-10-9-19-7-4-8-20(19)15-21)16-24-11-13-25(14-12-24)29(27,28)17-18-5-2-1-3-6-18/h1-3,5-6,9-10,15H,4,7-8,11-14,16-17H2,(H,23,26)/p+1. The van der Waals surface area contributed by atoms with Crippen molar-refractivity contribution >= 4 is 21.6 Å². The van der Waals surface area contributed by atoms with Gasteiger partial charge in [-0.05, 0) is 48.1 Å². The highest BCUT2D eigenvalue weighted by atomic mass is 32.2. The van der Waals surface area contributed by atoms with Crippen LogP contribution in [0.4, 0.5) is 5.69 Å². The van der Waals surface area contributed by atoms with Gasteiger partial charge in [0.05, 0.1) is 31.9 Å². The van der Waals surface area contributed by atoms with E-state index in [4.69, 9.17) is 0 Å². The van der Waals surface area contributed by atoms with Gasteiger partial charge in [-0.2, -0.15) is 4.31 Å². The highest BCUT2D eigenvalue weighted by molar-refractivity contribution is 7.88. The summed E-state index contributed by atoms with van der Waals surface area (Å²) in [5.74, 6) is 0.0145. The zero-order chi connectivity index (χ0) is 20.3. The normalized spacial score (nSPS) is 17.8. The Morgan fingerprint density at radius 2 is 1.72 bits per heavy atom. The maximum absolute atomic E-state index is 12.7. The molecule has 1 fully saturated rings. The third-order valence-electron chi connectivity index (χ3n) is 5.81. The third-order valence-corrected chi connectivity index (χ3v) is 7.66. The van der Waals surface area contributed by atoms with Gasteiger partial charge in [0.2, 0.25) is 10.0 Å². The van der Waals surface area contributed by atoms with Crippen LogP contribution in [-0.4, -0.2) is 51.4 Å². The van der Waals surface area contributed by atoms with E-state index in [9.17, 15) is 13.2 Å². The number of piperazine rings is 1. The van der Waals surface area contributed by atoms with Gasteiger partial charge in [-0.15, -0.1) is 0 Å². The molecule has 0 atom stereocenters. The van der Waals surface area contributed by atoms with Crippen molar-refractivity contribution in [1.82, 2.24) is 4.31 Å². The fraction of sp³-hybridized carbons (Fsp3) is 0.409. The van der Waals surface area contributed by atoms with Gasteiger partial charge in [-0.25, -0.2) is 8.42 Å². The summed E-state index contributed by atoms with van der Waals surface area (Å²) >= 11 is 0. The van der Waals surface area contributed by atoms with Crippen molar-refractivity contribution in [3.63, 3.8) is 0 Å². The van der Waals surface area contributed by atoms with Gasteiger partial charge in [-0.3, -0.25) is 4.79 Å². The fourth-order valence-electron chi connectivity index (χ4n) is 4.22. The average molecular weight is 415 g/mol. The molecule has 2 aromatic carbocycles. The zero-order valence-electron chi connectivity index (χ0n) is 16.6. The van der Waals surface area contributed by atoms with Crippen molar-refractivity contribution in [2.75, 3.05) is 38.0 Å². The van der Waals surface area contributed by atoms with Gasteiger partial charge < -0.3 is 10.2 Å². The molecular weight excluding hydrogens is 386 g/mol. The molecule has 0 unspecified atom stereocenters. The van der Waals surface area contributed by atoms with Crippen LogP contribution in [0.5, 0.6) is 0 Å². The highest BCUT2D eigenvalue weighted by Crippen LogP contribution is 2.24. The summed E-state index contributed by atoms with van der Waals surface area (Å²) in [4.78, 5) is 13.6. The van der Waals surface area contributed by atoms with Gasteiger partial charge >= 0.3 is 0 Å². The van der Waals surface area contributed by atoms with Gasteiger partial charge in [-0.1, -0.05) is 36.4 Å². The lowest BCUT2D eigenvalue weighted by atomic mass is 10.1. The Labute approximate surface area is 172 Å². The van der Waals surface area contributed by atoms with Crippen LogP contribution in [0.25, 0.3) is 0 Å². The number of aryl methyl sites for hydroxylation is 2. The Bertz CT molecular complexity index is 968. The van der Waals surface area contributed by atoms with Crippen LogP contribution in [0.2, 0.25) is 0 Å². The lowest BCUT2D eigenvalue weighted by molar-refractivity contribution is -0.895. The van der Waals surface area contributed by atoms with Gasteiger partial charge in [0, 0.05) is 5.69 Å². The Balaban J connectivity index is 1.26. The number of quaternary nitrogens is 1. The van der Waals surface area contributed by atoms with E-state index in [1.165, 1.54) is 17.5 Å². The Hall–Kier alpha value is -2.22. The largest absolute Gasteiger partial charge is 0.325 e. The van der Waals surface area contributed by atoms with Crippen LogP contribution < -0.4 is 10.2 Å². The number of nitrogens with one attached hydrogen (secondary N) is 2. The predicted molar refractivity (Wildman–Crippen MR) is 113 cm³/mol. The second kappa shape index (κ2) is 8.65. The smallest absolute Gasteiger partial charge is 0.279 e. The molecule has 29 heavy (non-hydrogen) atoms. The first-order valence-electron chi connectivity index (χ1n) is 10.3. The van der Waals surface area contributed by atoms with E-state index < -0.39 is 10.0 Å². The number of anilines is 1.